The zero-order chi connectivity index (χ0) is 13.6. The normalized spacial score (nSPS) is 10.4. The minimum atomic E-state index is 0.0880. The molecule has 0 bridgehead atoms. The number of rotatable bonds is 0. The molecule has 0 heterocycles. The van der Waals surface area contributed by atoms with Crippen molar-refractivity contribution in [3.63, 3.8) is 0 Å². The number of phenolic OH excluding ortho intramolecular Hbond substituents is 2. The molecule has 0 unspecified atom stereocenters. The van der Waals surface area contributed by atoms with Crippen molar-refractivity contribution in [3.05, 3.63) is 60.2 Å². The van der Waals surface area contributed by atoms with E-state index in [9.17, 15) is 0 Å². The molecule has 0 aliphatic heterocycles. The van der Waals surface area contributed by atoms with Crippen LogP contribution in [-0.2, 0) is 5.41 Å². The molecule has 0 amide bonds. The van der Waals surface area contributed by atoms with Crippen LogP contribution < -0.4 is 0 Å². The first-order valence-electron chi connectivity index (χ1n) is 5.93. The van der Waals surface area contributed by atoms with E-state index in [-0.39, 0.29) is 11.5 Å². The van der Waals surface area contributed by atoms with Crippen LogP contribution in [0.25, 0.3) is 0 Å². The van der Waals surface area contributed by atoms with Crippen molar-refractivity contribution in [2.45, 2.75) is 26.2 Å². The fourth-order valence-corrected chi connectivity index (χ4v) is 1.43. The third kappa shape index (κ3) is 4.91. The van der Waals surface area contributed by atoms with Crippen LogP contribution in [-0.4, -0.2) is 10.2 Å². The van der Waals surface area contributed by atoms with Crippen molar-refractivity contribution in [2.75, 3.05) is 0 Å². The van der Waals surface area contributed by atoms with E-state index in [4.69, 9.17) is 10.2 Å². The van der Waals surface area contributed by atoms with Crippen LogP contribution in [0.4, 0.5) is 0 Å². The highest BCUT2D eigenvalue weighted by Crippen LogP contribution is 2.20. The van der Waals surface area contributed by atoms with Crippen molar-refractivity contribution in [1.82, 2.24) is 0 Å². The van der Waals surface area contributed by atoms with Crippen LogP contribution in [0.5, 0.6) is 11.5 Å². The van der Waals surface area contributed by atoms with Gasteiger partial charge in [0.25, 0.3) is 0 Å². The van der Waals surface area contributed by atoms with E-state index in [1.165, 1.54) is 23.8 Å². The first-order chi connectivity index (χ1) is 8.39. The average Bonchev–Trinajstić information content (AvgIpc) is 2.29. The van der Waals surface area contributed by atoms with E-state index in [0.29, 0.717) is 5.41 Å². The monoisotopic (exact) mass is 244 g/mol. The summed E-state index contributed by atoms with van der Waals surface area (Å²) in [5, 5.41) is 17.3. The Kier molecular flexibility index (Phi) is 4.78. The van der Waals surface area contributed by atoms with Gasteiger partial charge in [0, 0.05) is 6.07 Å². The predicted molar refractivity (Wildman–Crippen MR) is 74.9 cm³/mol. The fourth-order valence-electron chi connectivity index (χ4n) is 1.43. The van der Waals surface area contributed by atoms with Gasteiger partial charge in [-0.05, 0) is 23.1 Å². The SMILES string of the molecule is CC(C)(C)c1ccccc1.Oc1cccc(O)c1. The zero-order valence-electron chi connectivity index (χ0n) is 11.1. The zero-order valence-corrected chi connectivity index (χ0v) is 11.1. The van der Waals surface area contributed by atoms with Crippen LogP contribution in [0.3, 0.4) is 0 Å². The highest BCUT2D eigenvalue weighted by atomic mass is 16.3. The van der Waals surface area contributed by atoms with Crippen molar-refractivity contribution in [2.24, 2.45) is 0 Å². The van der Waals surface area contributed by atoms with Gasteiger partial charge in [0.1, 0.15) is 11.5 Å². The van der Waals surface area contributed by atoms with E-state index in [0.717, 1.165) is 0 Å². The molecule has 0 aromatic heterocycles. The van der Waals surface area contributed by atoms with E-state index in [1.54, 1.807) is 6.07 Å². The summed E-state index contributed by atoms with van der Waals surface area (Å²) >= 11 is 0. The minimum Gasteiger partial charge on any atom is -0.508 e. The molecule has 0 saturated heterocycles. The van der Waals surface area contributed by atoms with Crippen molar-refractivity contribution < 1.29 is 10.2 Å². The molecule has 2 N–H and O–H groups in total. The van der Waals surface area contributed by atoms with Gasteiger partial charge < -0.3 is 10.2 Å². The van der Waals surface area contributed by atoms with Gasteiger partial charge >= 0.3 is 0 Å². The van der Waals surface area contributed by atoms with E-state index >= 15 is 0 Å². The van der Waals surface area contributed by atoms with E-state index in [1.807, 2.05) is 0 Å². The van der Waals surface area contributed by atoms with E-state index < -0.39 is 0 Å². The molecule has 0 spiro atoms. The van der Waals surface area contributed by atoms with Gasteiger partial charge in [-0.3, -0.25) is 0 Å². The maximum atomic E-state index is 8.65. The molecule has 18 heavy (non-hydrogen) atoms. The molecule has 96 valence electrons. The molecule has 0 fully saturated rings. The highest BCUT2D eigenvalue weighted by Gasteiger charge is 2.11. The van der Waals surface area contributed by atoms with Gasteiger partial charge in [0.2, 0.25) is 0 Å². The van der Waals surface area contributed by atoms with Gasteiger partial charge in [-0.15, -0.1) is 0 Å². The van der Waals surface area contributed by atoms with Crippen molar-refractivity contribution in [1.29, 1.82) is 0 Å². The predicted octanol–water partition coefficient (Wildman–Crippen LogP) is 4.08. The van der Waals surface area contributed by atoms with Crippen LogP contribution in [0.2, 0.25) is 0 Å². The quantitative estimate of drug-likeness (QED) is 0.733. The Morgan fingerprint density at radius 1 is 0.722 bits per heavy atom. The lowest BCUT2D eigenvalue weighted by molar-refractivity contribution is 0.450. The standard InChI is InChI=1S/C10H14.C6H6O2/c1-10(2,3)9-7-5-4-6-8-9;7-5-2-1-3-6(8)4-5/h4-8H,1-3H3;1-4,7-8H. The Balaban J connectivity index is 0.000000184. The molecule has 0 saturated carbocycles. The molecule has 2 aromatic carbocycles. The lowest BCUT2D eigenvalue weighted by Crippen LogP contribution is -2.10. The van der Waals surface area contributed by atoms with Gasteiger partial charge in [0.15, 0.2) is 0 Å². The Labute approximate surface area is 109 Å². The van der Waals surface area contributed by atoms with Crippen LogP contribution in [0.1, 0.15) is 26.3 Å². The minimum absolute atomic E-state index is 0.0880. The molecule has 2 aromatic rings. The first kappa shape index (κ1) is 14.1. The Morgan fingerprint density at radius 2 is 1.22 bits per heavy atom. The van der Waals surface area contributed by atoms with Crippen molar-refractivity contribution >= 4 is 0 Å². The summed E-state index contributed by atoms with van der Waals surface area (Å²) in [7, 11) is 0. The Bertz CT molecular complexity index is 453. The summed E-state index contributed by atoms with van der Waals surface area (Å²) < 4.78 is 0. The number of hydrogen-bond donors (Lipinski definition) is 2. The Morgan fingerprint density at radius 3 is 1.50 bits per heavy atom. The lowest BCUT2D eigenvalue weighted by Gasteiger charge is -2.18. The third-order valence-corrected chi connectivity index (χ3v) is 2.47. The topological polar surface area (TPSA) is 40.5 Å². The summed E-state index contributed by atoms with van der Waals surface area (Å²) in [6.45, 7) is 6.67. The summed E-state index contributed by atoms with van der Waals surface area (Å²) in [6.07, 6.45) is 0. The van der Waals surface area contributed by atoms with Gasteiger partial charge in [-0.25, -0.2) is 0 Å². The molecule has 0 atom stereocenters. The lowest BCUT2D eigenvalue weighted by atomic mass is 9.87. The number of aromatic hydroxyl groups is 2. The van der Waals surface area contributed by atoms with E-state index in [2.05, 4.69) is 51.1 Å². The molecule has 2 rings (SSSR count). The third-order valence-electron chi connectivity index (χ3n) is 2.47. The number of benzene rings is 2. The second-order valence-corrected chi connectivity index (χ2v) is 5.14. The molecular formula is C16H20O2. The Hall–Kier alpha value is -1.96. The fraction of sp³-hybridized carbons (Fsp3) is 0.250. The maximum Gasteiger partial charge on any atom is 0.119 e. The molecular weight excluding hydrogens is 224 g/mol. The smallest absolute Gasteiger partial charge is 0.119 e. The van der Waals surface area contributed by atoms with Crippen LogP contribution in [0.15, 0.2) is 54.6 Å². The summed E-state index contributed by atoms with van der Waals surface area (Å²) in [5.41, 5.74) is 1.69. The number of hydrogen-bond acceptors (Lipinski definition) is 2. The van der Waals surface area contributed by atoms with Crippen LogP contribution in [0, 0.1) is 0 Å². The second-order valence-electron chi connectivity index (χ2n) is 5.14. The summed E-state index contributed by atoms with van der Waals surface area (Å²) in [5.74, 6) is 0.176. The molecule has 0 radical (unpaired) electrons. The van der Waals surface area contributed by atoms with Gasteiger partial charge in [-0.2, -0.15) is 0 Å². The maximum absolute atomic E-state index is 8.65. The molecule has 2 nitrogen and oxygen atoms in total. The highest BCUT2D eigenvalue weighted by molar-refractivity contribution is 5.30. The second kappa shape index (κ2) is 6.10. The summed E-state index contributed by atoms with van der Waals surface area (Å²) in [4.78, 5) is 0. The van der Waals surface area contributed by atoms with Crippen LogP contribution >= 0.6 is 0 Å². The molecule has 0 aliphatic carbocycles. The summed E-state index contributed by atoms with van der Waals surface area (Å²) in [6, 6.07) is 16.4. The number of phenols is 2. The van der Waals surface area contributed by atoms with Gasteiger partial charge in [-0.1, -0.05) is 57.2 Å². The average molecular weight is 244 g/mol. The first-order valence-corrected chi connectivity index (χ1v) is 5.93. The van der Waals surface area contributed by atoms with Crippen molar-refractivity contribution in [3.8, 4) is 11.5 Å². The molecule has 0 aliphatic rings. The van der Waals surface area contributed by atoms with Gasteiger partial charge in [0.05, 0.1) is 0 Å². The molecule has 2 heteroatoms. The largest absolute Gasteiger partial charge is 0.508 e.